The number of nitrogens with one attached hydrogen (secondary N) is 2. The Morgan fingerprint density at radius 1 is 1.42 bits per heavy atom. The van der Waals surface area contributed by atoms with E-state index in [0.717, 1.165) is 0 Å². The average molecular weight is 166 g/mol. The van der Waals surface area contributed by atoms with E-state index in [4.69, 9.17) is 0 Å². The molecule has 0 unspecified atom stereocenters. The molecule has 0 bridgehead atoms. The van der Waals surface area contributed by atoms with E-state index in [1.807, 2.05) is 0 Å². The molecule has 3 nitrogen and oxygen atoms in total. The molecule has 0 spiro atoms. The van der Waals surface area contributed by atoms with Gasteiger partial charge in [-0.15, -0.1) is 0 Å². The molecule has 2 N–H and O–H groups in total. The smallest absolute Gasteiger partial charge is 0.243 e. The van der Waals surface area contributed by atoms with Gasteiger partial charge in [0, 0.05) is 0 Å². The summed E-state index contributed by atoms with van der Waals surface area (Å²) in [6.45, 7) is 0.205. The Morgan fingerprint density at radius 3 is 3.08 bits per heavy atom. The lowest BCUT2D eigenvalue weighted by Crippen LogP contribution is -2.27. The van der Waals surface area contributed by atoms with Crippen LogP contribution in [0.1, 0.15) is 0 Å². The van der Waals surface area contributed by atoms with Gasteiger partial charge in [-0.05, 0) is 12.1 Å². The second-order valence-electron chi connectivity index (χ2n) is 2.56. The van der Waals surface area contributed by atoms with Crippen LogP contribution in [0.5, 0.6) is 0 Å². The average Bonchev–Trinajstić information content (AvgIpc) is 2.07. The number of carbonyl (C=O) groups is 1. The largest absolute Gasteiger partial charge is 0.374 e. The summed E-state index contributed by atoms with van der Waals surface area (Å²) in [5.74, 6) is -0.624. The minimum absolute atomic E-state index is 0.205. The first kappa shape index (κ1) is 7.09. The topological polar surface area (TPSA) is 41.1 Å². The molecule has 1 aliphatic rings. The fourth-order valence-electron chi connectivity index (χ4n) is 1.16. The lowest BCUT2D eigenvalue weighted by molar-refractivity contribution is -0.114. The second kappa shape index (κ2) is 2.48. The maximum Gasteiger partial charge on any atom is 0.243 e. The van der Waals surface area contributed by atoms with E-state index < -0.39 is 5.82 Å². The molecule has 0 aliphatic carbocycles. The van der Waals surface area contributed by atoms with Crippen molar-refractivity contribution in [3.63, 3.8) is 0 Å². The maximum atomic E-state index is 13.0. The number of anilines is 2. The number of rotatable bonds is 0. The molecule has 1 amide bonds. The molecule has 4 heteroatoms. The van der Waals surface area contributed by atoms with Crippen molar-refractivity contribution in [3.8, 4) is 0 Å². The molecule has 2 rings (SSSR count). The Hall–Kier alpha value is -1.58. The van der Waals surface area contributed by atoms with E-state index in [9.17, 15) is 9.18 Å². The van der Waals surface area contributed by atoms with E-state index in [2.05, 4.69) is 10.6 Å². The highest BCUT2D eigenvalue weighted by atomic mass is 19.1. The summed E-state index contributed by atoms with van der Waals surface area (Å²) in [7, 11) is 0. The highest BCUT2D eigenvalue weighted by Crippen LogP contribution is 2.26. The molecule has 0 saturated heterocycles. The van der Waals surface area contributed by atoms with Crippen LogP contribution in [0.15, 0.2) is 18.2 Å². The van der Waals surface area contributed by atoms with Gasteiger partial charge in [0.2, 0.25) is 5.91 Å². The highest BCUT2D eigenvalue weighted by Gasteiger charge is 2.16. The minimum atomic E-state index is -0.409. The summed E-state index contributed by atoms with van der Waals surface area (Å²) < 4.78 is 13.0. The monoisotopic (exact) mass is 166 g/mol. The van der Waals surface area contributed by atoms with Crippen LogP contribution in [0, 0.1) is 5.82 Å². The summed E-state index contributed by atoms with van der Waals surface area (Å²) in [5, 5.41) is 5.25. The number of hydrogen-bond donors (Lipinski definition) is 2. The molecule has 0 atom stereocenters. The summed E-state index contributed by atoms with van der Waals surface area (Å²) in [5.41, 5.74) is 0.878. The molecule has 0 aromatic heterocycles. The van der Waals surface area contributed by atoms with Gasteiger partial charge in [0.25, 0.3) is 0 Å². The Balaban J connectivity index is 2.50. The van der Waals surface area contributed by atoms with Crippen molar-refractivity contribution >= 4 is 17.3 Å². The molecular weight excluding hydrogens is 159 g/mol. The molecule has 1 aromatic carbocycles. The zero-order valence-electron chi connectivity index (χ0n) is 6.23. The number of hydrogen-bond acceptors (Lipinski definition) is 2. The fourth-order valence-corrected chi connectivity index (χ4v) is 1.16. The van der Waals surface area contributed by atoms with Crippen molar-refractivity contribution in [3.05, 3.63) is 24.0 Å². The number of para-hydroxylation sites is 1. The third kappa shape index (κ3) is 1.01. The lowest BCUT2D eigenvalue weighted by atomic mass is 10.2. The first-order valence-electron chi connectivity index (χ1n) is 3.59. The lowest BCUT2D eigenvalue weighted by Gasteiger charge is -2.18. The summed E-state index contributed by atoms with van der Waals surface area (Å²) in [6, 6.07) is 4.63. The van der Waals surface area contributed by atoms with Gasteiger partial charge in [0.05, 0.1) is 12.2 Å². The van der Waals surface area contributed by atoms with Gasteiger partial charge < -0.3 is 10.6 Å². The van der Waals surface area contributed by atoms with Crippen molar-refractivity contribution < 1.29 is 9.18 Å². The van der Waals surface area contributed by atoms with Gasteiger partial charge in [-0.2, -0.15) is 0 Å². The molecule has 0 fully saturated rings. The van der Waals surface area contributed by atoms with Gasteiger partial charge in [0.1, 0.15) is 11.5 Å². The zero-order chi connectivity index (χ0) is 8.55. The molecule has 0 radical (unpaired) electrons. The normalized spacial score (nSPS) is 14.6. The Labute approximate surface area is 68.6 Å². The van der Waals surface area contributed by atoms with Crippen LogP contribution >= 0.6 is 0 Å². The van der Waals surface area contributed by atoms with Crippen LogP contribution in [0.25, 0.3) is 0 Å². The van der Waals surface area contributed by atoms with Gasteiger partial charge in [-0.3, -0.25) is 4.79 Å². The minimum Gasteiger partial charge on any atom is -0.374 e. The van der Waals surface area contributed by atoms with Crippen LogP contribution < -0.4 is 10.6 Å². The number of carbonyl (C=O) groups excluding carboxylic acids is 1. The summed E-state index contributed by atoms with van der Waals surface area (Å²) in [6.07, 6.45) is 0. The first-order valence-corrected chi connectivity index (χ1v) is 3.59. The Bertz CT molecular complexity index is 338. The second-order valence-corrected chi connectivity index (χ2v) is 2.56. The number of fused-ring (bicyclic) bond motifs is 1. The van der Waals surface area contributed by atoms with E-state index in [-0.39, 0.29) is 18.1 Å². The van der Waals surface area contributed by atoms with Crippen molar-refractivity contribution in [2.24, 2.45) is 0 Å². The predicted molar refractivity (Wildman–Crippen MR) is 43.5 cm³/mol. The molecule has 0 saturated carbocycles. The molecule has 62 valence electrons. The number of amides is 1. The van der Waals surface area contributed by atoms with Crippen LogP contribution in [0.2, 0.25) is 0 Å². The molecule has 1 aromatic rings. The Kier molecular flexibility index (Phi) is 1.46. The van der Waals surface area contributed by atoms with E-state index in [1.165, 1.54) is 6.07 Å². The van der Waals surface area contributed by atoms with Crippen molar-refractivity contribution in [1.82, 2.24) is 0 Å². The van der Waals surface area contributed by atoms with Crippen LogP contribution in [-0.4, -0.2) is 12.5 Å². The molecule has 1 aliphatic heterocycles. The van der Waals surface area contributed by atoms with E-state index >= 15 is 0 Å². The number of benzene rings is 1. The standard InChI is InChI=1S/C8H7FN2O/c9-5-2-1-3-6-8(5)11-7(12)4-10-6/h1-3,10H,4H2,(H,11,12). The predicted octanol–water partition coefficient (Wildman–Crippen LogP) is 1.19. The Morgan fingerprint density at radius 2 is 2.25 bits per heavy atom. The van der Waals surface area contributed by atoms with Crippen molar-refractivity contribution in [2.45, 2.75) is 0 Å². The molecule has 12 heavy (non-hydrogen) atoms. The third-order valence-electron chi connectivity index (χ3n) is 1.72. The van der Waals surface area contributed by atoms with Gasteiger partial charge in [-0.1, -0.05) is 6.07 Å². The zero-order valence-corrected chi connectivity index (χ0v) is 6.23. The quantitative estimate of drug-likeness (QED) is 0.607. The van der Waals surface area contributed by atoms with Crippen LogP contribution in [0.4, 0.5) is 15.8 Å². The molecule has 1 heterocycles. The van der Waals surface area contributed by atoms with Crippen LogP contribution in [0.3, 0.4) is 0 Å². The first-order chi connectivity index (χ1) is 5.77. The maximum absolute atomic E-state index is 13.0. The van der Waals surface area contributed by atoms with E-state index in [1.54, 1.807) is 12.1 Å². The fraction of sp³-hybridized carbons (Fsp3) is 0.125. The number of halogens is 1. The molecular formula is C8H7FN2O. The SMILES string of the molecule is O=C1CNc2cccc(F)c2N1. The van der Waals surface area contributed by atoms with Gasteiger partial charge in [0.15, 0.2) is 0 Å². The van der Waals surface area contributed by atoms with Gasteiger partial charge >= 0.3 is 0 Å². The van der Waals surface area contributed by atoms with E-state index in [0.29, 0.717) is 5.69 Å². The van der Waals surface area contributed by atoms with Crippen molar-refractivity contribution in [1.29, 1.82) is 0 Å². The summed E-state index contributed by atoms with van der Waals surface area (Å²) in [4.78, 5) is 10.8. The van der Waals surface area contributed by atoms with Crippen molar-refractivity contribution in [2.75, 3.05) is 17.2 Å². The summed E-state index contributed by atoms with van der Waals surface area (Å²) >= 11 is 0. The third-order valence-corrected chi connectivity index (χ3v) is 1.72. The van der Waals surface area contributed by atoms with Crippen LogP contribution in [-0.2, 0) is 4.79 Å². The highest BCUT2D eigenvalue weighted by molar-refractivity contribution is 6.00. The van der Waals surface area contributed by atoms with Gasteiger partial charge in [-0.25, -0.2) is 4.39 Å².